The molecule has 0 fully saturated rings. The number of nitrogens with two attached hydrogens (primary N) is 2. The maximum absolute atomic E-state index is 6.44. The molecule has 2 aromatic carbocycles. The lowest BCUT2D eigenvalue weighted by Crippen LogP contribution is -2.05. The van der Waals surface area contributed by atoms with Gasteiger partial charge in [0, 0.05) is 29.2 Å². The van der Waals surface area contributed by atoms with E-state index in [4.69, 9.17) is 16.2 Å². The number of nitrogens with zero attached hydrogens (tertiary/aromatic N) is 1. The second kappa shape index (κ2) is 5.88. The highest BCUT2D eigenvalue weighted by Crippen LogP contribution is 2.37. The van der Waals surface area contributed by atoms with E-state index < -0.39 is 0 Å². The van der Waals surface area contributed by atoms with Crippen LogP contribution in [-0.4, -0.2) is 10.7 Å². The van der Waals surface area contributed by atoms with Crippen molar-refractivity contribution in [1.29, 1.82) is 0 Å². The first kappa shape index (κ1) is 15.3. The van der Waals surface area contributed by atoms with Crippen LogP contribution < -0.4 is 16.2 Å². The van der Waals surface area contributed by atoms with Crippen LogP contribution in [0.2, 0.25) is 0 Å². The maximum Gasteiger partial charge on any atom is 0.121 e. The van der Waals surface area contributed by atoms with Crippen LogP contribution in [0.25, 0.3) is 22.2 Å². The number of hydrogen-bond acceptors (Lipinski definition) is 3. The van der Waals surface area contributed by atoms with Crippen molar-refractivity contribution >= 4 is 22.3 Å². The van der Waals surface area contributed by atoms with Crippen LogP contribution in [0.4, 0.5) is 11.4 Å². The molecule has 0 atom stereocenters. The third kappa shape index (κ3) is 2.72. The molecule has 0 bridgehead atoms. The number of anilines is 2. The first-order valence-corrected chi connectivity index (χ1v) is 7.95. The van der Waals surface area contributed by atoms with E-state index in [0.29, 0.717) is 0 Å². The van der Waals surface area contributed by atoms with Crippen molar-refractivity contribution in [2.45, 2.75) is 33.4 Å². The standard InChI is InChI=1S/C19H23N3O/c1-4-22-17-11-15(23-12(2)3)9-10-16(17)18(21)19(22)13-5-7-14(20)8-6-13/h5-12H,4,20-21H2,1-3H3. The van der Waals surface area contributed by atoms with Crippen molar-refractivity contribution in [3.05, 3.63) is 42.5 Å². The van der Waals surface area contributed by atoms with Crippen molar-refractivity contribution in [2.75, 3.05) is 11.5 Å². The Kier molecular flexibility index (Phi) is 3.90. The smallest absolute Gasteiger partial charge is 0.121 e. The zero-order valence-electron chi connectivity index (χ0n) is 13.8. The molecule has 0 aliphatic carbocycles. The molecule has 4 heteroatoms. The number of nitrogen functional groups attached to an aromatic ring is 2. The normalized spacial score (nSPS) is 11.3. The summed E-state index contributed by atoms with van der Waals surface area (Å²) >= 11 is 0. The molecule has 0 spiro atoms. The molecule has 0 amide bonds. The molecule has 1 aromatic heterocycles. The summed E-state index contributed by atoms with van der Waals surface area (Å²) in [5.41, 5.74) is 17.0. The minimum Gasteiger partial charge on any atom is -0.491 e. The molecule has 4 nitrogen and oxygen atoms in total. The highest BCUT2D eigenvalue weighted by Gasteiger charge is 2.16. The van der Waals surface area contributed by atoms with Gasteiger partial charge in [0.15, 0.2) is 0 Å². The lowest BCUT2D eigenvalue weighted by Gasteiger charge is -2.11. The van der Waals surface area contributed by atoms with Crippen LogP contribution in [0.3, 0.4) is 0 Å². The summed E-state index contributed by atoms with van der Waals surface area (Å²) in [4.78, 5) is 0. The Morgan fingerprint density at radius 3 is 2.35 bits per heavy atom. The third-order valence-electron chi connectivity index (χ3n) is 3.95. The van der Waals surface area contributed by atoms with Gasteiger partial charge in [-0.15, -0.1) is 0 Å². The Morgan fingerprint density at radius 1 is 1.04 bits per heavy atom. The minimum absolute atomic E-state index is 0.145. The Morgan fingerprint density at radius 2 is 1.74 bits per heavy atom. The van der Waals surface area contributed by atoms with Gasteiger partial charge in [-0.05, 0) is 45.0 Å². The van der Waals surface area contributed by atoms with Gasteiger partial charge in [-0.2, -0.15) is 0 Å². The fourth-order valence-electron chi connectivity index (χ4n) is 2.98. The van der Waals surface area contributed by atoms with Crippen molar-refractivity contribution in [2.24, 2.45) is 0 Å². The van der Waals surface area contributed by atoms with Gasteiger partial charge in [-0.3, -0.25) is 0 Å². The fourth-order valence-corrected chi connectivity index (χ4v) is 2.98. The third-order valence-corrected chi connectivity index (χ3v) is 3.95. The molecule has 3 rings (SSSR count). The van der Waals surface area contributed by atoms with Gasteiger partial charge in [-0.1, -0.05) is 12.1 Å². The van der Waals surface area contributed by atoms with E-state index in [0.717, 1.165) is 45.8 Å². The predicted molar refractivity (Wildman–Crippen MR) is 97.6 cm³/mol. The van der Waals surface area contributed by atoms with Crippen molar-refractivity contribution in [1.82, 2.24) is 4.57 Å². The van der Waals surface area contributed by atoms with Crippen LogP contribution in [0.5, 0.6) is 5.75 Å². The maximum atomic E-state index is 6.44. The summed E-state index contributed by atoms with van der Waals surface area (Å²) in [6, 6.07) is 13.9. The van der Waals surface area contributed by atoms with Gasteiger partial charge < -0.3 is 20.8 Å². The number of ether oxygens (including phenoxy) is 1. The molecule has 23 heavy (non-hydrogen) atoms. The summed E-state index contributed by atoms with van der Waals surface area (Å²) in [6.07, 6.45) is 0.145. The van der Waals surface area contributed by atoms with E-state index in [2.05, 4.69) is 17.6 Å². The monoisotopic (exact) mass is 309 g/mol. The first-order valence-electron chi connectivity index (χ1n) is 7.95. The molecule has 0 saturated heterocycles. The summed E-state index contributed by atoms with van der Waals surface area (Å²) in [6.45, 7) is 7.00. The molecule has 0 aliphatic rings. The SMILES string of the molecule is CCn1c(-c2ccc(N)cc2)c(N)c2ccc(OC(C)C)cc21. The average molecular weight is 309 g/mol. The van der Waals surface area contributed by atoms with E-state index >= 15 is 0 Å². The number of rotatable bonds is 4. The second-order valence-corrected chi connectivity index (χ2v) is 5.97. The number of fused-ring (bicyclic) bond motifs is 1. The van der Waals surface area contributed by atoms with E-state index in [-0.39, 0.29) is 6.10 Å². The predicted octanol–water partition coefficient (Wildman–Crippen LogP) is 4.28. The zero-order valence-corrected chi connectivity index (χ0v) is 13.8. The van der Waals surface area contributed by atoms with Gasteiger partial charge in [0.2, 0.25) is 0 Å². The van der Waals surface area contributed by atoms with Crippen molar-refractivity contribution in [3.8, 4) is 17.0 Å². The van der Waals surface area contributed by atoms with E-state index in [1.165, 1.54) is 0 Å². The molecule has 0 unspecified atom stereocenters. The van der Waals surface area contributed by atoms with Gasteiger partial charge >= 0.3 is 0 Å². The lowest BCUT2D eigenvalue weighted by atomic mass is 10.1. The van der Waals surface area contributed by atoms with Crippen LogP contribution >= 0.6 is 0 Å². The Bertz CT molecular complexity index is 832. The number of aryl methyl sites for hydroxylation is 1. The van der Waals surface area contributed by atoms with Crippen LogP contribution in [-0.2, 0) is 6.54 Å². The van der Waals surface area contributed by atoms with Gasteiger partial charge in [-0.25, -0.2) is 0 Å². The largest absolute Gasteiger partial charge is 0.491 e. The quantitative estimate of drug-likeness (QED) is 0.707. The van der Waals surface area contributed by atoms with Crippen LogP contribution in [0, 0.1) is 0 Å². The number of hydrogen-bond donors (Lipinski definition) is 2. The molecule has 120 valence electrons. The molecule has 0 saturated carbocycles. The van der Waals surface area contributed by atoms with Crippen molar-refractivity contribution in [3.63, 3.8) is 0 Å². The molecule has 3 aromatic rings. The zero-order chi connectivity index (χ0) is 16.6. The Balaban J connectivity index is 2.21. The molecule has 0 radical (unpaired) electrons. The molecule has 0 aliphatic heterocycles. The van der Waals surface area contributed by atoms with Gasteiger partial charge in [0.05, 0.1) is 23.0 Å². The number of benzene rings is 2. The summed E-state index contributed by atoms with van der Waals surface area (Å²) in [5.74, 6) is 0.864. The van der Waals surface area contributed by atoms with E-state index in [1.54, 1.807) is 0 Å². The van der Waals surface area contributed by atoms with E-state index in [9.17, 15) is 0 Å². The minimum atomic E-state index is 0.145. The highest BCUT2D eigenvalue weighted by molar-refractivity contribution is 6.01. The Labute approximate surface area is 136 Å². The average Bonchev–Trinajstić information content (AvgIpc) is 2.79. The van der Waals surface area contributed by atoms with Crippen molar-refractivity contribution < 1.29 is 4.74 Å². The molecular weight excluding hydrogens is 286 g/mol. The Hall–Kier alpha value is -2.62. The van der Waals surface area contributed by atoms with Crippen LogP contribution in [0.15, 0.2) is 42.5 Å². The number of aromatic nitrogens is 1. The van der Waals surface area contributed by atoms with Crippen LogP contribution in [0.1, 0.15) is 20.8 Å². The molecular formula is C19H23N3O. The summed E-state index contributed by atoms with van der Waals surface area (Å²) < 4.78 is 8.05. The molecule has 1 heterocycles. The summed E-state index contributed by atoms with van der Waals surface area (Å²) in [5, 5.41) is 1.05. The lowest BCUT2D eigenvalue weighted by molar-refractivity contribution is 0.242. The van der Waals surface area contributed by atoms with Gasteiger partial charge in [0.1, 0.15) is 5.75 Å². The first-order chi connectivity index (χ1) is 11.0. The highest BCUT2D eigenvalue weighted by atomic mass is 16.5. The summed E-state index contributed by atoms with van der Waals surface area (Å²) in [7, 11) is 0. The fraction of sp³-hybridized carbons (Fsp3) is 0.263. The second-order valence-electron chi connectivity index (χ2n) is 5.97. The van der Waals surface area contributed by atoms with Gasteiger partial charge in [0.25, 0.3) is 0 Å². The topological polar surface area (TPSA) is 66.2 Å². The van der Waals surface area contributed by atoms with E-state index in [1.807, 2.05) is 50.2 Å². The molecule has 4 N–H and O–H groups in total.